The summed E-state index contributed by atoms with van der Waals surface area (Å²) in [5.41, 5.74) is 3.80. The predicted octanol–water partition coefficient (Wildman–Crippen LogP) is 1.86. The van der Waals surface area contributed by atoms with Gasteiger partial charge in [0.25, 0.3) is 0 Å². The van der Waals surface area contributed by atoms with Crippen LogP contribution < -0.4 is 5.73 Å². The number of hydrogen-bond donors (Lipinski definition) is 2. The number of quaternary nitrogens is 1. The molecule has 0 aromatic carbocycles. The van der Waals surface area contributed by atoms with Crippen LogP contribution in [0.2, 0.25) is 0 Å². The highest BCUT2D eigenvalue weighted by Crippen LogP contribution is 2.70. The van der Waals surface area contributed by atoms with Crippen LogP contribution in [0.15, 0.2) is 0 Å². The van der Waals surface area contributed by atoms with Crippen LogP contribution in [0.5, 0.6) is 0 Å². The van der Waals surface area contributed by atoms with E-state index < -0.39 is 7.37 Å². The van der Waals surface area contributed by atoms with E-state index in [1.54, 1.807) is 0 Å². The first-order valence-electron chi connectivity index (χ1n) is 7.16. The Balaban J connectivity index is 1.83. The summed E-state index contributed by atoms with van der Waals surface area (Å²) in [5.74, 6) is 2.30. The van der Waals surface area contributed by atoms with Gasteiger partial charge in [-0.3, -0.25) is 4.57 Å². The average molecular weight is 258 g/mol. The molecule has 4 bridgehead atoms. The zero-order valence-electron chi connectivity index (χ0n) is 10.6. The fraction of sp³-hybridized carbons (Fsp3) is 1.00. The summed E-state index contributed by atoms with van der Waals surface area (Å²) in [6.45, 7) is 0.789. The van der Waals surface area contributed by atoms with Crippen LogP contribution in [0.25, 0.3) is 0 Å². The van der Waals surface area contributed by atoms with Crippen LogP contribution in [0, 0.1) is 17.8 Å². The average Bonchev–Trinajstić information content (AvgIpc) is 2.24. The molecule has 0 aromatic rings. The molecule has 0 radical (unpaired) electrons. The first-order valence-corrected chi connectivity index (χ1v) is 9.00. The Morgan fingerprint density at radius 1 is 1.12 bits per heavy atom. The van der Waals surface area contributed by atoms with E-state index in [0.717, 1.165) is 50.0 Å². The standard InChI is InChI=1S/C13H24NO2P/c14-2-1-3-17(15,16)13-7-10-4-11(8-13)6-12(5-10)9-13/h10-12H,1-9,14H2,(H,15,16)/p+1. The highest BCUT2D eigenvalue weighted by atomic mass is 31.2. The molecule has 4 heteroatoms. The molecule has 1 unspecified atom stereocenters. The molecule has 4 aliphatic carbocycles. The van der Waals surface area contributed by atoms with Crippen molar-refractivity contribution in [3.63, 3.8) is 0 Å². The van der Waals surface area contributed by atoms with Gasteiger partial charge in [-0.25, -0.2) is 0 Å². The third kappa shape index (κ3) is 1.91. The summed E-state index contributed by atoms with van der Waals surface area (Å²) in [6, 6.07) is 0. The van der Waals surface area contributed by atoms with Gasteiger partial charge in [0.1, 0.15) is 0 Å². The topological polar surface area (TPSA) is 64.9 Å². The van der Waals surface area contributed by atoms with Gasteiger partial charge in [0.05, 0.1) is 6.54 Å². The molecular formula is C13H25NO2P+. The minimum absolute atomic E-state index is 0.170. The molecule has 0 amide bonds. The summed E-state index contributed by atoms with van der Waals surface area (Å²) >= 11 is 0. The van der Waals surface area contributed by atoms with Crippen molar-refractivity contribution in [3.8, 4) is 0 Å². The molecule has 4 N–H and O–H groups in total. The monoisotopic (exact) mass is 258 g/mol. The summed E-state index contributed by atoms with van der Waals surface area (Å²) in [6.07, 6.45) is 8.49. The third-order valence-electron chi connectivity index (χ3n) is 5.46. The maximum atomic E-state index is 12.8. The van der Waals surface area contributed by atoms with Gasteiger partial charge in [-0.05, 0) is 56.3 Å². The molecule has 0 heterocycles. The molecule has 0 aliphatic heterocycles. The zero-order chi connectivity index (χ0) is 12.1. The minimum Gasteiger partial charge on any atom is -0.358 e. The molecule has 0 aromatic heterocycles. The minimum atomic E-state index is -2.95. The largest absolute Gasteiger partial charge is 0.358 e. The molecular weight excluding hydrogens is 233 g/mol. The molecule has 4 fully saturated rings. The van der Waals surface area contributed by atoms with Gasteiger partial charge in [-0.15, -0.1) is 0 Å². The highest BCUT2D eigenvalue weighted by Gasteiger charge is 2.58. The third-order valence-corrected chi connectivity index (χ3v) is 8.41. The van der Waals surface area contributed by atoms with Crippen LogP contribution in [0.3, 0.4) is 0 Å². The second-order valence-corrected chi connectivity index (χ2v) is 9.57. The van der Waals surface area contributed by atoms with Crippen molar-refractivity contribution in [1.82, 2.24) is 0 Å². The van der Waals surface area contributed by atoms with Crippen molar-refractivity contribution in [2.75, 3.05) is 12.7 Å². The van der Waals surface area contributed by atoms with Gasteiger partial charge >= 0.3 is 0 Å². The number of rotatable bonds is 4. The lowest BCUT2D eigenvalue weighted by Crippen LogP contribution is -2.52. The first kappa shape index (κ1) is 12.2. The smallest absolute Gasteiger partial charge is 0.206 e. The van der Waals surface area contributed by atoms with Crippen molar-refractivity contribution < 1.29 is 15.2 Å². The van der Waals surface area contributed by atoms with E-state index >= 15 is 0 Å². The van der Waals surface area contributed by atoms with Crippen LogP contribution in [-0.2, 0) is 4.57 Å². The fourth-order valence-electron chi connectivity index (χ4n) is 5.06. The normalized spacial score (nSPS) is 47.1. The van der Waals surface area contributed by atoms with Gasteiger partial charge < -0.3 is 10.6 Å². The van der Waals surface area contributed by atoms with Crippen LogP contribution in [0.1, 0.15) is 44.9 Å². The molecule has 3 nitrogen and oxygen atoms in total. The lowest BCUT2D eigenvalue weighted by molar-refractivity contribution is -0.367. The first-order chi connectivity index (χ1) is 8.05. The summed E-state index contributed by atoms with van der Waals surface area (Å²) in [7, 11) is -2.95. The van der Waals surface area contributed by atoms with Gasteiger partial charge in [0.15, 0.2) is 0 Å². The second kappa shape index (κ2) is 4.08. The molecule has 0 spiro atoms. The maximum absolute atomic E-state index is 12.8. The Morgan fingerprint density at radius 2 is 1.59 bits per heavy atom. The van der Waals surface area contributed by atoms with Crippen molar-refractivity contribution in [3.05, 3.63) is 0 Å². The summed E-state index contributed by atoms with van der Waals surface area (Å²) in [4.78, 5) is 10.5. The van der Waals surface area contributed by atoms with Gasteiger partial charge in [-0.2, -0.15) is 0 Å². The maximum Gasteiger partial charge on any atom is 0.206 e. The molecule has 1 atom stereocenters. The van der Waals surface area contributed by atoms with Crippen LogP contribution >= 0.6 is 7.37 Å². The predicted molar refractivity (Wildman–Crippen MR) is 68.0 cm³/mol. The van der Waals surface area contributed by atoms with Crippen molar-refractivity contribution in [1.29, 1.82) is 0 Å². The Labute approximate surface area is 104 Å². The van der Waals surface area contributed by atoms with E-state index in [2.05, 4.69) is 5.73 Å². The molecule has 4 saturated carbocycles. The molecule has 98 valence electrons. The molecule has 0 saturated heterocycles. The zero-order valence-corrected chi connectivity index (χ0v) is 11.5. The van der Waals surface area contributed by atoms with E-state index in [1.165, 1.54) is 19.3 Å². The van der Waals surface area contributed by atoms with E-state index in [9.17, 15) is 9.46 Å². The molecule has 17 heavy (non-hydrogen) atoms. The van der Waals surface area contributed by atoms with E-state index in [-0.39, 0.29) is 5.16 Å². The van der Waals surface area contributed by atoms with E-state index in [0.29, 0.717) is 6.16 Å². The summed E-state index contributed by atoms with van der Waals surface area (Å²) in [5, 5.41) is -0.170. The highest BCUT2D eigenvalue weighted by molar-refractivity contribution is 7.59. The van der Waals surface area contributed by atoms with Crippen molar-refractivity contribution in [2.45, 2.75) is 50.1 Å². The van der Waals surface area contributed by atoms with Gasteiger partial charge in [-0.1, -0.05) is 0 Å². The van der Waals surface area contributed by atoms with Gasteiger partial charge in [0.2, 0.25) is 7.37 Å². The molecule has 4 aliphatic rings. The SMILES string of the molecule is [NH3+]CCCP(=O)(O)C12CC3CC(CC(C3)C1)C2. The Bertz CT molecular complexity index is 320. The Morgan fingerprint density at radius 3 is 2.00 bits per heavy atom. The summed E-state index contributed by atoms with van der Waals surface area (Å²) < 4.78 is 12.8. The lowest BCUT2D eigenvalue weighted by atomic mass is 9.56. The van der Waals surface area contributed by atoms with Crippen LogP contribution in [0.4, 0.5) is 0 Å². The lowest BCUT2D eigenvalue weighted by Gasteiger charge is -2.57. The van der Waals surface area contributed by atoms with E-state index in [4.69, 9.17) is 0 Å². The van der Waals surface area contributed by atoms with E-state index in [1.807, 2.05) is 0 Å². The number of hydrogen-bond acceptors (Lipinski definition) is 1. The van der Waals surface area contributed by atoms with Crippen LogP contribution in [-0.4, -0.2) is 22.8 Å². The van der Waals surface area contributed by atoms with Gasteiger partial charge in [0, 0.05) is 17.7 Å². The second-order valence-electron chi connectivity index (χ2n) is 6.77. The van der Waals surface area contributed by atoms with Crippen molar-refractivity contribution in [2.24, 2.45) is 17.8 Å². The van der Waals surface area contributed by atoms with Crippen molar-refractivity contribution >= 4 is 7.37 Å². The quantitative estimate of drug-likeness (QED) is 0.756. The fourth-order valence-corrected chi connectivity index (χ4v) is 7.81. The Kier molecular flexibility index (Phi) is 2.93. The Hall–Kier alpha value is 0.150. The molecule has 4 rings (SSSR count).